The zero-order valence-electron chi connectivity index (χ0n) is 7.39. The minimum absolute atomic E-state index is 0.384. The maximum absolute atomic E-state index is 4.32. The lowest BCUT2D eigenvalue weighted by atomic mass is 9.85. The third kappa shape index (κ3) is 1.36. The molecule has 0 spiro atoms. The molecule has 0 amide bonds. The van der Waals surface area contributed by atoms with Gasteiger partial charge in [0.05, 0.1) is 0 Å². The highest BCUT2D eigenvalue weighted by molar-refractivity contribution is 4.74. The van der Waals surface area contributed by atoms with Gasteiger partial charge in [0.15, 0.2) is 13.1 Å². The van der Waals surface area contributed by atoms with Crippen LogP contribution in [0.3, 0.4) is 0 Å². The zero-order valence-corrected chi connectivity index (χ0v) is 7.39. The van der Waals surface area contributed by atoms with Crippen LogP contribution < -0.4 is 0 Å². The van der Waals surface area contributed by atoms with Gasteiger partial charge in [-0.25, -0.2) is 0 Å². The summed E-state index contributed by atoms with van der Waals surface area (Å²) in [4.78, 5) is 0. The molecule has 0 aromatic rings. The lowest BCUT2D eigenvalue weighted by Gasteiger charge is -2.20. The fourth-order valence-electron chi connectivity index (χ4n) is 1.62. The smallest absolute Gasteiger partial charge is 0.127 e. The minimum atomic E-state index is 0.384. The topological polar surface area (TPSA) is 15.4 Å². The average molecular weight is 141 g/mol. The van der Waals surface area contributed by atoms with Crippen molar-refractivity contribution in [3.05, 3.63) is 0 Å². The molecule has 0 radical (unpaired) electrons. The zero-order chi connectivity index (χ0) is 7.78. The molecular formula is C8H17N2+. The highest BCUT2D eigenvalue weighted by atomic mass is 15.3. The molecule has 1 rings (SSSR count). The van der Waals surface area contributed by atoms with Crippen molar-refractivity contribution in [2.45, 2.75) is 33.2 Å². The van der Waals surface area contributed by atoms with E-state index < -0.39 is 0 Å². The van der Waals surface area contributed by atoms with Crippen LogP contribution in [-0.2, 0) is 0 Å². The van der Waals surface area contributed by atoms with Crippen molar-refractivity contribution in [2.75, 3.05) is 13.6 Å². The van der Waals surface area contributed by atoms with Gasteiger partial charge in [-0.05, 0) is 5.11 Å². The van der Waals surface area contributed by atoms with E-state index in [-0.39, 0.29) is 0 Å². The quantitative estimate of drug-likeness (QED) is 0.458. The first-order valence-corrected chi connectivity index (χ1v) is 3.92. The Morgan fingerprint density at radius 3 is 2.20 bits per heavy atom. The standard InChI is InChI=1S/C8H17N2/c1-8(2,3)7-5-6-9-10(7)4/h7H,5-6H2,1-4H3/q+1. The predicted molar refractivity (Wildman–Crippen MR) is 41.3 cm³/mol. The minimum Gasteiger partial charge on any atom is -0.127 e. The largest absolute Gasteiger partial charge is 0.184 e. The number of azo groups is 2. The third-order valence-electron chi connectivity index (χ3n) is 2.18. The molecule has 1 aliphatic rings. The molecule has 0 aromatic carbocycles. The first-order chi connectivity index (χ1) is 4.52. The molecule has 10 heavy (non-hydrogen) atoms. The SMILES string of the molecule is C[N+]1=NCCC1C(C)(C)C. The van der Waals surface area contributed by atoms with E-state index >= 15 is 0 Å². The molecule has 0 bridgehead atoms. The molecule has 0 saturated carbocycles. The Hall–Kier alpha value is -0.400. The Balaban J connectivity index is 2.67. The van der Waals surface area contributed by atoms with Crippen molar-refractivity contribution in [3.8, 4) is 0 Å². The van der Waals surface area contributed by atoms with Crippen LogP contribution in [0.25, 0.3) is 0 Å². The molecule has 2 nitrogen and oxygen atoms in total. The monoisotopic (exact) mass is 141 g/mol. The number of hydrogen-bond donors (Lipinski definition) is 0. The van der Waals surface area contributed by atoms with Crippen LogP contribution >= 0.6 is 0 Å². The van der Waals surface area contributed by atoms with Gasteiger partial charge in [-0.15, -0.1) is 4.70 Å². The van der Waals surface area contributed by atoms with Crippen molar-refractivity contribution >= 4 is 0 Å². The Bertz CT molecular complexity index is 153. The van der Waals surface area contributed by atoms with Crippen molar-refractivity contribution in [1.29, 1.82) is 0 Å². The van der Waals surface area contributed by atoms with E-state index in [4.69, 9.17) is 0 Å². The first kappa shape index (κ1) is 7.70. The van der Waals surface area contributed by atoms with E-state index in [0.717, 1.165) is 6.54 Å². The highest BCUT2D eigenvalue weighted by Crippen LogP contribution is 2.26. The molecule has 0 aromatic heterocycles. The van der Waals surface area contributed by atoms with Gasteiger partial charge in [-0.3, -0.25) is 0 Å². The first-order valence-electron chi connectivity index (χ1n) is 3.92. The van der Waals surface area contributed by atoms with E-state index in [1.54, 1.807) is 0 Å². The molecule has 1 atom stereocenters. The van der Waals surface area contributed by atoms with Crippen molar-refractivity contribution < 1.29 is 4.70 Å². The molecular weight excluding hydrogens is 124 g/mol. The summed E-state index contributed by atoms with van der Waals surface area (Å²) in [5.41, 5.74) is 0.384. The molecule has 1 heterocycles. The lowest BCUT2D eigenvalue weighted by molar-refractivity contribution is -0.602. The summed E-state index contributed by atoms with van der Waals surface area (Å²) in [6, 6.07) is 0.646. The molecule has 0 saturated heterocycles. The van der Waals surface area contributed by atoms with Crippen molar-refractivity contribution in [3.63, 3.8) is 0 Å². The van der Waals surface area contributed by atoms with Gasteiger partial charge in [-0.2, -0.15) is 0 Å². The Kier molecular flexibility index (Phi) is 1.80. The Morgan fingerprint density at radius 1 is 1.40 bits per heavy atom. The molecule has 58 valence electrons. The fourth-order valence-corrected chi connectivity index (χ4v) is 1.62. The second kappa shape index (κ2) is 2.33. The summed E-state index contributed by atoms with van der Waals surface area (Å²) in [5, 5.41) is 4.32. The number of nitrogens with zero attached hydrogens (tertiary/aromatic N) is 2. The number of hydrogen-bond acceptors (Lipinski definition) is 1. The normalized spacial score (nSPS) is 26.8. The maximum atomic E-state index is 4.32. The summed E-state index contributed by atoms with van der Waals surface area (Å²) in [5.74, 6) is 0. The van der Waals surface area contributed by atoms with Gasteiger partial charge in [0.25, 0.3) is 0 Å². The lowest BCUT2D eigenvalue weighted by Crippen LogP contribution is -2.32. The van der Waals surface area contributed by atoms with Gasteiger partial charge in [0.2, 0.25) is 0 Å². The molecule has 0 aliphatic carbocycles. The molecule has 2 heteroatoms. The van der Waals surface area contributed by atoms with Crippen LogP contribution in [0.1, 0.15) is 27.2 Å². The second-order valence-corrected chi connectivity index (χ2v) is 4.11. The Morgan fingerprint density at radius 2 is 2.00 bits per heavy atom. The van der Waals surface area contributed by atoms with E-state index in [9.17, 15) is 0 Å². The molecule has 1 unspecified atom stereocenters. The third-order valence-corrected chi connectivity index (χ3v) is 2.18. The van der Waals surface area contributed by atoms with Gasteiger partial charge in [-0.1, -0.05) is 20.8 Å². The van der Waals surface area contributed by atoms with Crippen LogP contribution in [0.15, 0.2) is 5.11 Å². The van der Waals surface area contributed by atoms with Crippen molar-refractivity contribution in [1.82, 2.24) is 0 Å². The van der Waals surface area contributed by atoms with Crippen LogP contribution in [-0.4, -0.2) is 24.3 Å². The predicted octanol–water partition coefficient (Wildman–Crippen LogP) is 1.90. The summed E-state index contributed by atoms with van der Waals surface area (Å²) in [6.45, 7) is 7.83. The van der Waals surface area contributed by atoms with E-state index in [1.165, 1.54) is 6.42 Å². The molecule has 0 N–H and O–H groups in total. The summed E-state index contributed by atoms with van der Waals surface area (Å²) < 4.78 is 2.11. The summed E-state index contributed by atoms with van der Waals surface area (Å²) in [7, 11) is 2.07. The van der Waals surface area contributed by atoms with Gasteiger partial charge < -0.3 is 0 Å². The van der Waals surface area contributed by atoms with Crippen LogP contribution in [0, 0.1) is 5.41 Å². The second-order valence-electron chi connectivity index (χ2n) is 4.11. The van der Waals surface area contributed by atoms with Gasteiger partial charge in [0, 0.05) is 11.8 Å². The van der Waals surface area contributed by atoms with E-state index in [0.29, 0.717) is 11.5 Å². The van der Waals surface area contributed by atoms with Crippen LogP contribution in [0.4, 0.5) is 0 Å². The van der Waals surface area contributed by atoms with Crippen LogP contribution in [0.5, 0.6) is 0 Å². The van der Waals surface area contributed by atoms with E-state index in [2.05, 4.69) is 37.6 Å². The van der Waals surface area contributed by atoms with Crippen molar-refractivity contribution in [2.24, 2.45) is 10.5 Å². The molecule has 0 fully saturated rings. The Labute approximate surface area is 62.9 Å². The van der Waals surface area contributed by atoms with Gasteiger partial charge in [0.1, 0.15) is 6.54 Å². The summed E-state index contributed by atoms with van der Waals surface area (Å²) >= 11 is 0. The molecule has 1 aliphatic heterocycles. The highest BCUT2D eigenvalue weighted by Gasteiger charge is 2.36. The number of rotatable bonds is 0. The average Bonchev–Trinajstić information content (AvgIpc) is 2.11. The maximum Gasteiger partial charge on any atom is 0.184 e. The summed E-state index contributed by atoms with van der Waals surface area (Å²) in [6.07, 6.45) is 1.22. The van der Waals surface area contributed by atoms with Crippen LogP contribution in [0.2, 0.25) is 0 Å². The van der Waals surface area contributed by atoms with Gasteiger partial charge >= 0.3 is 0 Å². The van der Waals surface area contributed by atoms with E-state index in [1.807, 2.05) is 0 Å². The fraction of sp³-hybridized carbons (Fsp3) is 1.00.